The monoisotopic (exact) mass is 407 g/mol. The molecule has 2 aromatic carbocycles. The number of fused-ring (bicyclic) bond motifs is 3. The molecule has 0 spiro atoms. The van der Waals surface area contributed by atoms with Crippen molar-refractivity contribution in [2.24, 2.45) is 0 Å². The standard InChI is InChI=1S/C21H21N5O4/c1-29-17-8-7-14(11-18(17)30-2)9-10-22-19(27)12-25-15-5-3-4-6-16(15)26-13-23-24-20(26)21(25)28/h3-8,11,13H,9-10,12H2,1-2H3,(H,22,27). The number of hydrogen-bond donors (Lipinski definition) is 1. The molecular formula is C21H21N5O4. The Hall–Kier alpha value is -3.88. The van der Waals surface area contributed by atoms with Crippen LogP contribution in [0.5, 0.6) is 11.5 Å². The van der Waals surface area contributed by atoms with Gasteiger partial charge in [0.1, 0.15) is 12.9 Å². The molecule has 9 nitrogen and oxygen atoms in total. The van der Waals surface area contributed by atoms with E-state index in [4.69, 9.17) is 9.47 Å². The predicted octanol–water partition coefficient (Wildman–Crippen LogP) is 1.42. The molecule has 4 rings (SSSR count). The van der Waals surface area contributed by atoms with Gasteiger partial charge in [-0.15, -0.1) is 10.2 Å². The van der Waals surface area contributed by atoms with Gasteiger partial charge in [-0.05, 0) is 36.2 Å². The molecule has 1 N–H and O–H groups in total. The van der Waals surface area contributed by atoms with E-state index in [0.717, 1.165) is 11.1 Å². The van der Waals surface area contributed by atoms with E-state index in [2.05, 4.69) is 15.5 Å². The summed E-state index contributed by atoms with van der Waals surface area (Å²) in [6.07, 6.45) is 2.11. The Labute approximate surface area is 171 Å². The molecule has 1 amide bonds. The highest BCUT2D eigenvalue weighted by Gasteiger charge is 2.14. The minimum atomic E-state index is -0.360. The van der Waals surface area contributed by atoms with Gasteiger partial charge in [-0.1, -0.05) is 18.2 Å². The molecular weight excluding hydrogens is 386 g/mol. The fourth-order valence-corrected chi connectivity index (χ4v) is 3.42. The Morgan fingerprint density at radius 2 is 1.83 bits per heavy atom. The average molecular weight is 407 g/mol. The molecule has 2 aromatic heterocycles. The van der Waals surface area contributed by atoms with Crippen LogP contribution in [0.25, 0.3) is 16.7 Å². The van der Waals surface area contributed by atoms with Crippen LogP contribution < -0.4 is 20.3 Å². The third kappa shape index (κ3) is 3.57. The highest BCUT2D eigenvalue weighted by atomic mass is 16.5. The maximum absolute atomic E-state index is 12.8. The summed E-state index contributed by atoms with van der Waals surface area (Å²) in [5, 5.41) is 10.6. The topological polar surface area (TPSA) is 99.8 Å². The molecule has 30 heavy (non-hydrogen) atoms. The maximum Gasteiger partial charge on any atom is 0.297 e. The second kappa shape index (κ2) is 8.24. The van der Waals surface area contributed by atoms with Crippen LogP contribution >= 0.6 is 0 Å². The molecule has 4 aromatic rings. The van der Waals surface area contributed by atoms with Gasteiger partial charge in [-0.3, -0.25) is 18.6 Å². The van der Waals surface area contributed by atoms with Gasteiger partial charge in [-0.25, -0.2) is 0 Å². The van der Waals surface area contributed by atoms with Crippen molar-refractivity contribution in [1.29, 1.82) is 0 Å². The third-order valence-electron chi connectivity index (χ3n) is 4.90. The molecule has 154 valence electrons. The van der Waals surface area contributed by atoms with Crippen LogP contribution in [0.15, 0.2) is 53.6 Å². The Balaban J connectivity index is 1.49. The minimum absolute atomic E-state index is 0.103. The summed E-state index contributed by atoms with van der Waals surface area (Å²) in [5.74, 6) is 1.04. The molecule has 9 heteroatoms. The lowest BCUT2D eigenvalue weighted by Gasteiger charge is -2.12. The molecule has 0 aliphatic carbocycles. The van der Waals surface area contributed by atoms with Crippen molar-refractivity contribution in [3.05, 3.63) is 64.7 Å². The first kappa shape index (κ1) is 19.4. The number of aromatic nitrogens is 4. The Morgan fingerprint density at radius 1 is 1.07 bits per heavy atom. The number of carbonyl (C=O) groups excluding carboxylic acids is 1. The summed E-state index contributed by atoms with van der Waals surface area (Å²) in [6, 6.07) is 13.0. The lowest BCUT2D eigenvalue weighted by molar-refractivity contribution is -0.121. The van der Waals surface area contributed by atoms with Gasteiger partial charge in [0, 0.05) is 6.54 Å². The lowest BCUT2D eigenvalue weighted by Crippen LogP contribution is -2.34. The van der Waals surface area contributed by atoms with Crippen LogP contribution in [0.3, 0.4) is 0 Å². The summed E-state index contributed by atoms with van der Waals surface area (Å²) in [5.41, 5.74) is 2.23. The first-order valence-electron chi connectivity index (χ1n) is 9.41. The number of rotatable bonds is 7. The van der Waals surface area contributed by atoms with Crippen molar-refractivity contribution in [2.75, 3.05) is 20.8 Å². The van der Waals surface area contributed by atoms with Crippen molar-refractivity contribution < 1.29 is 14.3 Å². The number of methoxy groups -OCH3 is 2. The summed E-state index contributed by atoms with van der Waals surface area (Å²) in [7, 11) is 3.16. The largest absolute Gasteiger partial charge is 0.493 e. The predicted molar refractivity (Wildman–Crippen MR) is 111 cm³/mol. The zero-order valence-electron chi connectivity index (χ0n) is 16.7. The van der Waals surface area contributed by atoms with Crippen molar-refractivity contribution in [3.63, 3.8) is 0 Å². The SMILES string of the molecule is COc1ccc(CCNC(=O)Cn2c(=O)c3nncn3c3ccccc32)cc1OC. The van der Waals surface area contributed by atoms with Crippen LogP contribution in [-0.4, -0.2) is 45.8 Å². The molecule has 0 bridgehead atoms. The number of benzene rings is 2. The number of ether oxygens (including phenoxy) is 2. The number of nitrogens with one attached hydrogen (secondary N) is 1. The fraction of sp³-hybridized carbons (Fsp3) is 0.238. The van der Waals surface area contributed by atoms with Gasteiger partial charge >= 0.3 is 0 Å². The van der Waals surface area contributed by atoms with Gasteiger partial charge in [-0.2, -0.15) is 0 Å². The van der Waals surface area contributed by atoms with Crippen molar-refractivity contribution in [1.82, 2.24) is 24.5 Å². The number of hydrogen-bond acceptors (Lipinski definition) is 6. The van der Waals surface area contributed by atoms with Crippen LogP contribution in [0.2, 0.25) is 0 Å². The molecule has 0 fully saturated rings. The van der Waals surface area contributed by atoms with Gasteiger partial charge in [0.05, 0.1) is 25.3 Å². The smallest absolute Gasteiger partial charge is 0.297 e. The van der Waals surface area contributed by atoms with E-state index in [1.807, 2.05) is 36.4 Å². The van der Waals surface area contributed by atoms with E-state index in [-0.39, 0.29) is 23.7 Å². The number of amides is 1. The number of carbonyl (C=O) groups is 1. The van der Waals surface area contributed by atoms with Crippen molar-refractivity contribution in [2.45, 2.75) is 13.0 Å². The summed E-state index contributed by atoms with van der Waals surface area (Å²) in [6.45, 7) is 0.322. The summed E-state index contributed by atoms with van der Waals surface area (Å²) < 4.78 is 13.6. The number of para-hydroxylation sites is 2. The maximum atomic E-state index is 12.8. The van der Waals surface area contributed by atoms with E-state index in [1.165, 1.54) is 10.9 Å². The highest BCUT2D eigenvalue weighted by molar-refractivity contribution is 5.81. The highest BCUT2D eigenvalue weighted by Crippen LogP contribution is 2.27. The van der Waals surface area contributed by atoms with E-state index in [1.54, 1.807) is 24.7 Å². The third-order valence-corrected chi connectivity index (χ3v) is 4.90. The Bertz CT molecular complexity index is 1280. The molecule has 0 saturated carbocycles. The van der Waals surface area contributed by atoms with E-state index < -0.39 is 0 Å². The normalized spacial score (nSPS) is 11.0. The van der Waals surface area contributed by atoms with Gasteiger partial charge in [0.25, 0.3) is 5.56 Å². The van der Waals surface area contributed by atoms with Gasteiger partial charge < -0.3 is 14.8 Å². The minimum Gasteiger partial charge on any atom is -0.493 e. The van der Waals surface area contributed by atoms with Crippen LogP contribution in [-0.2, 0) is 17.8 Å². The lowest BCUT2D eigenvalue weighted by atomic mass is 10.1. The van der Waals surface area contributed by atoms with Crippen molar-refractivity contribution >= 4 is 22.6 Å². The quantitative estimate of drug-likeness (QED) is 0.497. The van der Waals surface area contributed by atoms with E-state index in [9.17, 15) is 9.59 Å². The van der Waals surface area contributed by atoms with Gasteiger partial charge in [0.2, 0.25) is 11.6 Å². The summed E-state index contributed by atoms with van der Waals surface area (Å²) >= 11 is 0. The molecule has 0 atom stereocenters. The molecule has 0 saturated heterocycles. The Morgan fingerprint density at radius 3 is 2.60 bits per heavy atom. The fourth-order valence-electron chi connectivity index (χ4n) is 3.42. The number of nitrogens with zero attached hydrogens (tertiary/aromatic N) is 4. The molecule has 2 heterocycles. The zero-order valence-corrected chi connectivity index (χ0v) is 16.7. The second-order valence-electron chi connectivity index (χ2n) is 6.69. The van der Waals surface area contributed by atoms with Crippen LogP contribution in [0.4, 0.5) is 0 Å². The van der Waals surface area contributed by atoms with Crippen LogP contribution in [0.1, 0.15) is 5.56 Å². The molecule has 0 aliphatic heterocycles. The van der Waals surface area contributed by atoms with Gasteiger partial charge in [0.15, 0.2) is 11.5 Å². The second-order valence-corrected chi connectivity index (χ2v) is 6.69. The van der Waals surface area contributed by atoms with E-state index >= 15 is 0 Å². The first-order valence-corrected chi connectivity index (χ1v) is 9.41. The summed E-state index contributed by atoms with van der Waals surface area (Å²) in [4.78, 5) is 25.3. The van der Waals surface area contributed by atoms with Crippen LogP contribution in [0, 0.1) is 0 Å². The van der Waals surface area contributed by atoms with E-state index in [0.29, 0.717) is 30.0 Å². The zero-order chi connectivity index (χ0) is 21.1. The molecule has 0 radical (unpaired) electrons. The van der Waals surface area contributed by atoms with Crippen molar-refractivity contribution in [3.8, 4) is 11.5 Å². The Kier molecular flexibility index (Phi) is 5.34. The molecule has 0 aliphatic rings. The molecule has 0 unspecified atom stereocenters. The average Bonchev–Trinajstić information content (AvgIpc) is 3.27. The first-order chi connectivity index (χ1) is 14.6.